The highest BCUT2D eigenvalue weighted by Crippen LogP contribution is 2.52. The van der Waals surface area contributed by atoms with Gasteiger partial charge in [0.05, 0.1) is 17.5 Å². The van der Waals surface area contributed by atoms with Crippen LogP contribution in [-0.4, -0.2) is 56.7 Å². The summed E-state index contributed by atoms with van der Waals surface area (Å²) in [6.45, 7) is 9.79. The fraction of sp³-hybridized carbons (Fsp3) is 0.684. The maximum absolute atomic E-state index is 10.8. The molecule has 1 saturated heterocycles. The third-order valence-corrected chi connectivity index (χ3v) is 6.42. The molecule has 1 aliphatic heterocycles. The van der Waals surface area contributed by atoms with Gasteiger partial charge in [0.25, 0.3) is 0 Å². The molecule has 4 atom stereocenters. The molecule has 2 fully saturated rings. The van der Waals surface area contributed by atoms with Gasteiger partial charge in [0.2, 0.25) is 0 Å². The van der Waals surface area contributed by atoms with Crippen LogP contribution >= 0.6 is 0 Å². The van der Waals surface area contributed by atoms with Crippen molar-refractivity contribution in [3.05, 3.63) is 17.6 Å². The molecule has 1 saturated carbocycles. The third-order valence-electron chi connectivity index (χ3n) is 6.42. The van der Waals surface area contributed by atoms with E-state index in [9.17, 15) is 5.11 Å². The van der Waals surface area contributed by atoms with Crippen molar-refractivity contribution in [2.24, 2.45) is 11.3 Å². The normalized spacial score (nSPS) is 32.7. The van der Waals surface area contributed by atoms with Crippen molar-refractivity contribution >= 4 is 16.9 Å². The number of aryl methyl sites for hydroxylation is 2. The first-order valence-corrected chi connectivity index (χ1v) is 9.27. The van der Waals surface area contributed by atoms with Crippen molar-refractivity contribution in [1.29, 1.82) is 0 Å². The monoisotopic (exact) mass is 343 g/mol. The second-order valence-electron chi connectivity index (χ2n) is 8.51. The standard InChI is InChI=1S/C19H29N5O/c1-10(2)16-19(8-24(16)5)6-13(14(25)7-19)23-18-15-11(3)12(4)22-17(15)20-9-21-18/h9-10,13-14,16,25H,6-8H2,1-5H3,(H2,20,21,22,23)/t13-,14-,16?,19?/m1/s1. The van der Waals surface area contributed by atoms with Gasteiger partial charge in [-0.05, 0) is 45.2 Å². The molecule has 0 amide bonds. The molecule has 2 aromatic rings. The van der Waals surface area contributed by atoms with Crippen molar-refractivity contribution in [2.45, 2.75) is 58.7 Å². The molecule has 0 bridgehead atoms. The van der Waals surface area contributed by atoms with Crippen LogP contribution in [0.25, 0.3) is 11.0 Å². The number of aromatic nitrogens is 3. The molecule has 4 rings (SSSR count). The van der Waals surface area contributed by atoms with Crippen LogP contribution < -0.4 is 5.32 Å². The van der Waals surface area contributed by atoms with E-state index in [2.05, 4.69) is 59.9 Å². The van der Waals surface area contributed by atoms with Crippen molar-refractivity contribution in [1.82, 2.24) is 19.9 Å². The van der Waals surface area contributed by atoms with E-state index < -0.39 is 0 Å². The van der Waals surface area contributed by atoms with E-state index in [4.69, 9.17) is 0 Å². The third kappa shape index (κ3) is 2.46. The largest absolute Gasteiger partial charge is 0.391 e. The van der Waals surface area contributed by atoms with Crippen LogP contribution in [0.3, 0.4) is 0 Å². The topological polar surface area (TPSA) is 77.1 Å². The first-order chi connectivity index (χ1) is 11.8. The van der Waals surface area contributed by atoms with Crippen molar-refractivity contribution in [2.75, 3.05) is 18.9 Å². The molecule has 0 aromatic carbocycles. The van der Waals surface area contributed by atoms with Gasteiger partial charge >= 0.3 is 0 Å². The van der Waals surface area contributed by atoms with E-state index in [1.165, 1.54) is 5.56 Å². The number of hydrogen-bond acceptors (Lipinski definition) is 5. The fourth-order valence-electron chi connectivity index (χ4n) is 5.57. The van der Waals surface area contributed by atoms with Crippen LogP contribution in [0, 0.1) is 25.2 Å². The molecule has 6 heteroatoms. The number of anilines is 1. The summed E-state index contributed by atoms with van der Waals surface area (Å²) >= 11 is 0. The Morgan fingerprint density at radius 2 is 2.08 bits per heavy atom. The number of nitrogens with one attached hydrogen (secondary N) is 2. The van der Waals surface area contributed by atoms with E-state index in [1.54, 1.807) is 6.33 Å². The van der Waals surface area contributed by atoms with Crippen LogP contribution in [0.15, 0.2) is 6.33 Å². The van der Waals surface area contributed by atoms with Crippen LogP contribution in [-0.2, 0) is 0 Å². The van der Waals surface area contributed by atoms with Crippen molar-refractivity contribution in [3.8, 4) is 0 Å². The number of aliphatic hydroxyl groups is 1. The number of aliphatic hydroxyl groups excluding tert-OH is 1. The highest BCUT2D eigenvalue weighted by Gasteiger charge is 2.58. The van der Waals surface area contributed by atoms with E-state index in [0.29, 0.717) is 12.0 Å². The van der Waals surface area contributed by atoms with E-state index >= 15 is 0 Å². The summed E-state index contributed by atoms with van der Waals surface area (Å²) in [5, 5.41) is 15.3. The lowest BCUT2D eigenvalue weighted by Gasteiger charge is -2.57. The summed E-state index contributed by atoms with van der Waals surface area (Å²) in [5.74, 6) is 1.44. The Bertz CT molecular complexity index is 796. The lowest BCUT2D eigenvalue weighted by Crippen LogP contribution is -2.64. The molecule has 1 spiro atoms. The highest BCUT2D eigenvalue weighted by atomic mass is 16.3. The lowest BCUT2D eigenvalue weighted by molar-refractivity contribution is -0.0825. The lowest BCUT2D eigenvalue weighted by atomic mass is 9.66. The van der Waals surface area contributed by atoms with Gasteiger partial charge < -0.3 is 20.3 Å². The second kappa shape index (κ2) is 5.68. The average Bonchev–Trinajstić information content (AvgIpc) is 2.98. The van der Waals surface area contributed by atoms with Crippen LogP contribution in [0.5, 0.6) is 0 Å². The summed E-state index contributed by atoms with van der Waals surface area (Å²) < 4.78 is 0. The number of H-pyrrole nitrogens is 1. The average molecular weight is 343 g/mol. The summed E-state index contributed by atoms with van der Waals surface area (Å²) in [6.07, 6.45) is 3.12. The molecule has 2 unspecified atom stereocenters. The Kier molecular flexibility index (Phi) is 3.81. The number of rotatable bonds is 3. The highest BCUT2D eigenvalue weighted by molar-refractivity contribution is 5.91. The molecular weight excluding hydrogens is 314 g/mol. The fourth-order valence-corrected chi connectivity index (χ4v) is 5.57. The Morgan fingerprint density at radius 3 is 2.76 bits per heavy atom. The molecular formula is C19H29N5O. The van der Waals surface area contributed by atoms with E-state index in [1.807, 2.05) is 0 Å². The zero-order chi connectivity index (χ0) is 17.9. The van der Waals surface area contributed by atoms with E-state index in [0.717, 1.165) is 41.9 Å². The van der Waals surface area contributed by atoms with Crippen LogP contribution in [0.4, 0.5) is 5.82 Å². The molecule has 25 heavy (non-hydrogen) atoms. The van der Waals surface area contributed by atoms with Gasteiger partial charge in [-0.1, -0.05) is 13.8 Å². The predicted molar refractivity (Wildman–Crippen MR) is 99.7 cm³/mol. The minimum atomic E-state index is -0.333. The second-order valence-corrected chi connectivity index (χ2v) is 8.51. The molecule has 2 aliphatic rings. The quantitative estimate of drug-likeness (QED) is 0.798. The van der Waals surface area contributed by atoms with Crippen molar-refractivity contribution < 1.29 is 5.11 Å². The Hall–Kier alpha value is -1.66. The summed E-state index contributed by atoms with van der Waals surface area (Å²) in [5.41, 5.74) is 3.37. The zero-order valence-corrected chi connectivity index (χ0v) is 15.8. The number of aromatic amines is 1. The molecule has 6 nitrogen and oxygen atoms in total. The van der Waals surface area contributed by atoms with Crippen LogP contribution in [0.1, 0.15) is 37.9 Å². The maximum Gasteiger partial charge on any atom is 0.143 e. The summed E-state index contributed by atoms with van der Waals surface area (Å²) in [6, 6.07) is 0.596. The van der Waals surface area contributed by atoms with Crippen molar-refractivity contribution in [3.63, 3.8) is 0 Å². The minimum Gasteiger partial charge on any atom is -0.391 e. The first-order valence-electron chi connectivity index (χ1n) is 9.27. The number of likely N-dealkylation sites (tertiary alicyclic amines) is 1. The minimum absolute atomic E-state index is 0.0441. The Balaban J connectivity index is 1.60. The summed E-state index contributed by atoms with van der Waals surface area (Å²) in [7, 11) is 2.20. The zero-order valence-electron chi connectivity index (χ0n) is 15.8. The molecule has 1 aliphatic carbocycles. The molecule has 2 aromatic heterocycles. The van der Waals surface area contributed by atoms with Gasteiger partial charge in [-0.15, -0.1) is 0 Å². The predicted octanol–water partition coefficient (Wildman–Crippen LogP) is 2.47. The number of hydrogen-bond donors (Lipinski definition) is 3. The summed E-state index contributed by atoms with van der Waals surface area (Å²) in [4.78, 5) is 14.6. The van der Waals surface area contributed by atoms with E-state index in [-0.39, 0.29) is 17.6 Å². The Labute approximate surface area is 149 Å². The molecule has 0 radical (unpaired) electrons. The van der Waals surface area contributed by atoms with Gasteiger partial charge in [0.1, 0.15) is 17.8 Å². The number of fused-ring (bicyclic) bond motifs is 1. The van der Waals surface area contributed by atoms with Gasteiger partial charge in [0.15, 0.2) is 0 Å². The molecule has 136 valence electrons. The van der Waals surface area contributed by atoms with Gasteiger partial charge in [-0.25, -0.2) is 9.97 Å². The first kappa shape index (κ1) is 16.8. The maximum atomic E-state index is 10.8. The van der Waals surface area contributed by atoms with Gasteiger partial charge in [0, 0.05) is 23.7 Å². The number of nitrogens with zero attached hydrogens (tertiary/aromatic N) is 3. The molecule has 3 N–H and O–H groups in total. The smallest absolute Gasteiger partial charge is 0.143 e. The Morgan fingerprint density at radius 1 is 1.32 bits per heavy atom. The SMILES string of the molecule is Cc1[nH]c2ncnc(N[C@@H]3CC4(C[C@H]3O)CN(C)C4C(C)C)c2c1C. The molecule has 3 heterocycles. The van der Waals surface area contributed by atoms with Gasteiger partial charge in [-0.2, -0.15) is 0 Å². The van der Waals surface area contributed by atoms with Crippen LogP contribution in [0.2, 0.25) is 0 Å². The van der Waals surface area contributed by atoms with Gasteiger partial charge in [-0.3, -0.25) is 0 Å².